The lowest BCUT2D eigenvalue weighted by atomic mass is 10.3. The van der Waals surface area contributed by atoms with E-state index in [1.54, 1.807) is 23.5 Å². The maximum absolute atomic E-state index is 12.3. The first kappa shape index (κ1) is 16.2. The molecule has 0 bridgehead atoms. The molecule has 0 aliphatic rings. The van der Waals surface area contributed by atoms with Crippen LogP contribution in [0.1, 0.15) is 16.7 Å². The average molecular weight is 331 g/mol. The van der Waals surface area contributed by atoms with E-state index in [4.69, 9.17) is 0 Å². The third-order valence-corrected chi connectivity index (χ3v) is 5.17. The first-order valence-corrected chi connectivity index (χ1v) is 8.38. The highest BCUT2D eigenvalue weighted by Gasteiger charge is 2.27. The second-order valence-electron chi connectivity index (χ2n) is 4.48. The molecule has 6 heteroatoms. The summed E-state index contributed by atoms with van der Waals surface area (Å²) >= 11 is 2.54. The molecule has 0 amide bonds. The zero-order chi connectivity index (χ0) is 15.3. The molecule has 0 aliphatic carbocycles. The van der Waals surface area contributed by atoms with E-state index in [0.29, 0.717) is 11.4 Å². The van der Waals surface area contributed by atoms with Gasteiger partial charge < -0.3 is 5.32 Å². The van der Waals surface area contributed by atoms with Crippen molar-refractivity contribution in [1.82, 2.24) is 0 Å². The van der Waals surface area contributed by atoms with Gasteiger partial charge in [0.1, 0.15) is 0 Å². The molecular weight excluding hydrogens is 315 g/mol. The van der Waals surface area contributed by atoms with Gasteiger partial charge in [-0.1, -0.05) is 19.1 Å². The molecule has 0 fully saturated rings. The molecule has 0 spiro atoms. The summed E-state index contributed by atoms with van der Waals surface area (Å²) in [5.74, 6) is -0.870. The van der Waals surface area contributed by atoms with E-state index < -0.39 is 11.9 Å². The maximum Gasteiger partial charge on any atom is 0.398 e. The van der Waals surface area contributed by atoms with Crippen molar-refractivity contribution < 1.29 is 13.2 Å². The molecule has 2 aromatic rings. The van der Waals surface area contributed by atoms with Gasteiger partial charge in [0.2, 0.25) is 0 Å². The van der Waals surface area contributed by atoms with Crippen LogP contribution in [0.4, 0.5) is 18.9 Å². The summed E-state index contributed by atoms with van der Waals surface area (Å²) in [6, 6.07) is 11.3. The number of anilines is 1. The lowest BCUT2D eigenvalue weighted by Crippen LogP contribution is -2.10. The Morgan fingerprint density at radius 3 is 2.48 bits per heavy atom. The third-order valence-electron chi connectivity index (χ3n) is 2.80. The minimum absolute atomic E-state index is 0.627. The molecule has 1 N–H and O–H groups in total. The Labute approximate surface area is 130 Å². The molecule has 0 unspecified atom stereocenters. The summed E-state index contributed by atoms with van der Waals surface area (Å²) in [4.78, 5) is 3.12. The largest absolute Gasteiger partial charge is 0.398 e. The van der Waals surface area contributed by atoms with Gasteiger partial charge in [0.15, 0.2) is 0 Å². The number of nitrogens with one attached hydrogen (secondary N) is 1. The van der Waals surface area contributed by atoms with Crippen LogP contribution in [0.15, 0.2) is 41.3 Å². The van der Waals surface area contributed by atoms with Crippen LogP contribution < -0.4 is 5.32 Å². The van der Waals surface area contributed by atoms with Gasteiger partial charge >= 0.3 is 6.18 Å². The van der Waals surface area contributed by atoms with E-state index in [0.717, 1.165) is 23.9 Å². The van der Waals surface area contributed by atoms with Crippen LogP contribution >= 0.6 is 23.1 Å². The molecule has 1 heterocycles. The number of rotatable bonds is 6. The summed E-state index contributed by atoms with van der Waals surface area (Å²) in [5.41, 5.74) is 0.748. The van der Waals surface area contributed by atoms with E-state index in [-0.39, 0.29) is 0 Å². The highest BCUT2D eigenvalue weighted by Crippen LogP contribution is 2.32. The summed E-state index contributed by atoms with van der Waals surface area (Å²) < 4.78 is 37.0. The fourth-order valence-corrected chi connectivity index (χ4v) is 3.48. The van der Waals surface area contributed by atoms with Gasteiger partial charge in [-0.2, -0.15) is 13.2 Å². The van der Waals surface area contributed by atoms with Gasteiger partial charge in [-0.25, -0.2) is 0 Å². The first-order chi connectivity index (χ1) is 9.98. The predicted molar refractivity (Wildman–Crippen MR) is 84.2 cm³/mol. The first-order valence-electron chi connectivity index (χ1n) is 6.58. The Bertz CT molecular complexity index is 578. The molecule has 0 radical (unpaired) electrons. The van der Waals surface area contributed by atoms with Crippen LogP contribution in [-0.2, 0) is 13.0 Å². The number of halogens is 3. The monoisotopic (exact) mass is 331 g/mol. The van der Waals surface area contributed by atoms with Crippen LogP contribution in [0.25, 0.3) is 0 Å². The summed E-state index contributed by atoms with van der Waals surface area (Å²) in [7, 11) is 0. The highest BCUT2D eigenvalue weighted by molar-refractivity contribution is 7.99. The fraction of sp³-hybridized carbons (Fsp3) is 0.333. The molecule has 0 saturated carbocycles. The summed E-state index contributed by atoms with van der Waals surface area (Å²) in [6.45, 7) is 2.74. The zero-order valence-electron chi connectivity index (χ0n) is 11.5. The van der Waals surface area contributed by atoms with Crippen molar-refractivity contribution >= 4 is 28.8 Å². The Morgan fingerprint density at radius 2 is 1.81 bits per heavy atom. The SMILES string of the molecule is CCc1ccc(CNc2ccccc2SCC(F)(F)F)s1. The second kappa shape index (κ2) is 7.22. The topological polar surface area (TPSA) is 12.0 Å². The Kier molecular flexibility index (Phi) is 5.58. The smallest absolute Gasteiger partial charge is 0.379 e. The van der Waals surface area contributed by atoms with Crippen molar-refractivity contribution in [3.63, 3.8) is 0 Å². The minimum Gasteiger partial charge on any atom is -0.379 e. The molecule has 0 aliphatic heterocycles. The third kappa shape index (κ3) is 5.28. The lowest BCUT2D eigenvalue weighted by molar-refractivity contribution is -0.105. The molecule has 2 rings (SSSR count). The molecular formula is C15H16F3NS2. The van der Waals surface area contributed by atoms with Gasteiger partial charge in [-0.15, -0.1) is 23.1 Å². The molecule has 1 aromatic carbocycles. The van der Waals surface area contributed by atoms with Crippen molar-refractivity contribution in [2.75, 3.05) is 11.1 Å². The van der Waals surface area contributed by atoms with Crippen molar-refractivity contribution in [3.8, 4) is 0 Å². The second-order valence-corrected chi connectivity index (χ2v) is 6.75. The summed E-state index contributed by atoms with van der Waals surface area (Å²) in [6.07, 6.45) is -3.15. The van der Waals surface area contributed by atoms with E-state index in [2.05, 4.69) is 24.4 Å². The molecule has 21 heavy (non-hydrogen) atoms. The Hall–Kier alpha value is -1.14. The average Bonchev–Trinajstić information content (AvgIpc) is 2.91. The molecule has 1 nitrogen and oxygen atoms in total. The fourth-order valence-electron chi connectivity index (χ4n) is 1.79. The zero-order valence-corrected chi connectivity index (χ0v) is 13.2. The number of hydrogen-bond donors (Lipinski definition) is 1. The van der Waals surface area contributed by atoms with Gasteiger partial charge in [0.25, 0.3) is 0 Å². The Balaban J connectivity index is 1.99. The minimum atomic E-state index is -4.15. The number of alkyl halides is 3. The van der Waals surface area contributed by atoms with Crippen LogP contribution in [0.3, 0.4) is 0 Å². The maximum atomic E-state index is 12.3. The summed E-state index contributed by atoms with van der Waals surface area (Å²) in [5, 5.41) is 3.23. The van der Waals surface area contributed by atoms with Crippen LogP contribution in [0, 0.1) is 0 Å². The normalized spacial score (nSPS) is 11.6. The number of hydrogen-bond acceptors (Lipinski definition) is 3. The van der Waals surface area contributed by atoms with Crippen molar-refractivity contribution in [3.05, 3.63) is 46.2 Å². The van der Waals surface area contributed by atoms with E-state index in [1.807, 2.05) is 12.1 Å². The van der Waals surface area contributed by atoms with Crippen molar-refractivity contribution in [1.29, 1.82) is 0 Å². The quantitative estimate of drug-likeness (QED) is 0.694. The number of benzene rings is 1. The number of para-hydroxylation sites is 1. The highest BCUT2D eigenvalue weighted by atomic mass is 32.2. The van der Waals surface area contributed by atoms with Crippen LogP contribution in [-0.4, -0.2) is 11.9 Å². The van der Waals surface area contributed by atoms with Gasteiger partial charge in [-0.3, -0.25) is 0 Å². The van der Waals surface area contributed by atoms with Gasteiger partial charge in [-0.05, 0) is 30.7 Å². The number of thiophene rings is 1. The predicted octanol–water partition coefficient (Wildman–Crippen LogP) is 5.58. The van der Waals surface area contributed by atoms with Gasteiger partial charge in [0, 0.05) is 26.9 Å². The van der Waals surface area contributed by atoms with Crippen LogP contribution in [0.5, 0.6) is 0 Å². The van der Waals surface area contributed by atoms with Crippen LogP contribution in [0.2, 0.25) is 0 Å². The lowest BCUT2D eigenvalue weighted by Gasteiger charge is -2.12. The molecule has 0 atom stereocenters. The number of aryl methyl sites for hydroxylation is 1. The van der Waals surface area contributed by atoms with Crippen molar-refractivity contribution in [2.45, 2.75) is 31.0 Å². The Morgan fingerprint density at radius 1 is 1.10 bits per heavy atom. The van der Waals surface area contributed by atoms with E-state index in [9.17, 15) is 13.2 Å². The number of thioether (sulfide) groups is 1. The van der Waals surface area contributed by atoms with E-state index >= 15 is 0 Å². The van der Waals surface area contributed by atoms with Crippen molar-refractivity contribution in [2.24, 2.45) is 0 Å². The molecule has 114 valence electrons. The molecule has 0 saturated heterocycles. The standard InChI is InChI=1S/C15H16F3NS2/c1-2-11-7-8-12(21-11)9-19-13-5-3-4-6-14(13)20-10-15(16,17)18/h3-8,19H,2,9-10H2,1H3. The molecule has 1 aromatic heterocycles. The van der Waals surface area contributed by atoms with E-state index in [1.165, 1.54) is 9.75 Å². The van der Waals surface area contributed by atoms with Gasteiger partial charge in [0.05, 0.1) is 5.75 Å².